The van der Waals surface area contributed by atoms with Crippen molar-refractivity contribution in [3.8, 4) is 0 Å². The monoisotopic (exact) mass is 662 g/mol. The lowest BCUT2D eigenvalue weighted by Gasteiger charge is -2.25. The lowest BCUT2D eigenvalue weighted by molar-refractivity contribution is -0.870. The van der Waals surface area contributed by atoms with Gasteiger partial charge in [0.25, 0.3) is 0 Å². The van der Waals surface area contributed by atoms with Crippen LogP contribution in [0.25, 0.3) is 0 Å². The number of phosphoric ester groups is 1. The molecule has 268 valence electrons. The van der Waals surface area contributed by atoms with Gasteiger partial charge in [-0.1, -0.05) is 148 Å². The number of hydrogen-bond acceptors (Lipinski definition) is 5. The number of allylic oxidation sites excluding steroid dienone is 1. The van der Waals surface area contributed by atoms with Crippen molar-refractivity contribution in [3.63, 3.8) is 0 Å². The predicted octanol–water partition coefficient (Wildman–Crippen LogP) is 9.24. The summed E-state index contributed by atoms with van der Waals surface area (Å²) in [5.74, 6) is -0.185. The van der Waals surface area contributed by atoms with Gasteiger partial charge in [-0.3, -0.25) is 13.8 Å². The zero-order valence-electron chi connectivity index (χ0n) is 30.1. The van der Waals surface area contributed by atoms with Gasteiger partial charge in [0, 0.05) is 6.42 Å². The predicted molar refractivity (Wildman–Crippen MR) is 189 cm³/mol. The molecule has 0 spiro atoms. The van der Waals surface area contributed by atoms with Crippen LogP contribution in [0.1, 0.15) is 162 Å². The van der Waals surface area contributed by atoms with Crippen LogP contribution in [0.2, 0.25) is 0 Å². The molecule has 9 heteroatoms. The Kier molecular flexibility index (Phi) is 28.9. The standard InChI is InChI=1S/C36H73N2O6P/c1-6-8-10-12-14-15-16-17-18-19-20-21-22-24-25-27-29-35(39)34(33-44-45(41,42)43-32-31-38(3,4)5)37-36(40)30-28-26-23-13-11-9-7-2/h27,29,34-35,39H,6-26,28,30-33H2,1-5H3,(H-,37,40,41,42)/p+1/b29-27+. The maximum Gasteiger partial charge on any atom is 0.472 e. The summed E-state index contributed by atoms with van der Waals surface area (Å²) in [6.45, 7) is 4.75. The maximum absolute atomic E-state index is 12.7. The molecule has 8 nitrogen and oxygen atoms in total. The van der Waals surface area contributed by atoms with E-state index in [0.29, 0.717) is 17.4 Å². The number of amides is 1. The second-order valence-corrected chi connectivity index (χ2v) is 15.4. The summed E-state index contributed by atoms with van der Waals surface area (Å²) < 4.78 is 23.4. The maximum atomic E-state index is 12.7. The number of hydrogen-bond donors (Lipinski definition) is 3. The van der Waals surface area contributed by atoms with Crippen molar-refractivity contribution in [1.29, 1.82) is 0 Å². The van der Waals surface area contributed by atoms with Gasteiger partial charge in [0.1, 0.15) is 13.2 Å². The molecule has 0 bridgehead atoms. The van der Waals surface area contributed by atoms with Gasteiger partial charge in [-0.2, -0.15) is 0 Å². The molecule has 0 aromatic heterocycles. The first kappa shape index (κ1) is 44.2. The summed E-state index contributed by atoms with van der Waals surface area (Å²) in [5, 5.41) is 13.7. The van der Waals surface area contributed by atoms with Crippen LogP contribution in [0.4, 0.5) is 0 Å². The Balaban J connectivity index is 4.46. The summed E-state index contributed by atoms with van der Waals surface area (Å²) in [7, 11) is 1.57. The van der Waals surface area contributed by atoms with E-state index in [1.165, 1.54) is 103 Å². The number of likely N-dealkylation sites (N-methyl/N-ethyl adjacent to an activating group) is 1. The van der Waals surface area contributed by atoms with Gasteiger partial charge in [0.15, 0.2) is 0 Å². The summed E-state index contributed by atoms with van der Waals surface area (Å²) in [4.78, 5) is 22.8. The van der Waals surface area contributed by atoms with E-state index in [2.05, 4.69) is 19.2 Å². The number of nitrogens with zero attached hydrogens (tertiary/aromatic N) is 1. The van der Waals surface area contributed by atoms with Crippen LogP contribution in [0.3, 0.4) is 0 Å². The van der Waals surface area contributed by atoms with Crippen LogP contribution in [0.5, 0.6) is 0 Å². The molecular formula is C36H74N2O6P+. The Hall–Kier alpha value is -0.760. The zero-order valence-corrected chi connectivity index (χ0v) is 31.0. The second-order valence-electron chi connectivity index (χ2n) is 14.0. The minimum atomic E-state index is -4.32. The molecule has 0 saturated heterocycles. The van der Waals surface area contributed by atoms with Crippen LogP contribution >= 0.6 is 7.82 Å². The molecule has 45 heavy (non-hydrogen) atoms. The van der Waals surface area contributed by atoms with Crippen LogP contribution in [-0.4, -0.2) is 73.4 Å². The number of quaternary nitrogens is 1. The fraction of sp³-hybridized carbons (Fsp3) is 0.917. The molecule has 1 amide bonds. The van der Waals surface area contributed by atoms with E-state index in [9.17, 15) is 19.4 Å². The molecule has 3 unspecified atom stereocenters. The zero-order chi connectivity index (χ0) is 33.7. The highest BCUT2D eigenvalue weighted by Crippen LogP contribution is 2.43. The summed E-state index contributed by atoms with van der Waals surface area (Å²) >= 11 is 0. The topological polar surface area (TPSA) is 105 Å². The highest BCUT2D eigenvalue weighted by Gasteiger charge is 2.27. The number of nitrogens with one attached hydrogen (secondary N) is 1. The number of phosphoric acid groups is 1. The van der Waals surface area contributed by atoms with E-state index in [0.717, 1.165) is 38.5 Å². The van der Waals surface area contributed by atoms with Gasteiger partial charge in [0.2, 0.25) is 5.91 Å². The molecule has 0 aliphatic carbocycles. The summed E-state index contributed by atoms with van der Waals surface area (Å²) in [6, 6.07) is -0.836. The van der Waals surface area contributed by atoms with Crippen molar-refractivity contribution in [1.82, 2.24) is 5.32 Å². The first-order chi connectivity index (χ1) is 21.5. The SMILES string of the molecule is CCCCCCCCCCCCCCCC/C=C/C(O)C(COP(=O)(O)OCC[N+](C)(C)C)NC(=O)CCCCCCCCC. The summed E-state index contributed by atoms with van der Waals surface area (Å²) in [5.41, 5.74) is 0. The average molecular weight is 662 g/mol. The number of carbonyl (C=O) groups is 1. The molecule has 3 N–H and O–H groups in total. The molecule has 0 rings (SSSR count). The highest BCUT2D eigenvalue weighted by molar-refractivity contribution is 7.47. The molecule has 3 atom stereocenters. The lowest BCUT2D eigenvalue weighted by Crippen LogP contribution is -2.45. The number of rotatable bonds is 33. The van der Waals surface area contributed by atoms with Crippen LogP contribution < -0.4 is 5.32 Å². The van der Waals surface area contributed by atoms with E-state index in [1.807, 2.05) is 27.2 Å². The van der Waals surface area contributed by atoms with Gasteiger partial charge in [-0.25, -0.2) is 4.57 Å². The van der Waals surface area contributed by atoms with Gasteiger partial charge in [-0.05, 0) is 19.3 Å². The van der Waals surface area contributed by atoms with Crippen molar-refractivity contribution in [3.05, 3.63) is 12.2 Å². The van der Waals surface area contributed by atoms with E-state index in [4.69, 9.17) is 9.05 Å². The quantitative estimate of drug-likeness (QED) is 0.0280. The van der Waals surface area contributed by atoms with Crippen molar-refractivity contribution in [2.24, 2.45) is 0 Å². The van der Waals surface area contributed by atoms with Gasteiger partial charge in [0.05, 0.1) is 39.9 Å². The van der Waals surface area contributed by atoms with Crippen molar-refractivity contribution in [2.75, 3.05) is 40.9 Å². The van der Waals surface area contributed by atoms with Crippen LogP contribution in [-0.2, 0) is 18.4 Å². The first-order valence-electron chi connectivity index (χ1n) is 18.6. The van der Waals surface area contributed by atoms with Crippen molar-refractivity contribution < 1.29 is 32.9 Å². The number of carbonyl (C=O) groups excluding carboxylic acids is 1. The second kappa shape index (κ2) is 29.4. The Morgan fingerprint density at radius 1 is 0.733 bits per heavy atom. The van der Waals surface area contributed by atoms with E-state index in [1.54, 1.807) is 6.08 Å². The molecule has 0 aromatic carbocycles. The third kappa shape index (κ3) is 31.6. The summed E-state index contributed by atoms with van der Waals surface area (Å²) in [6.07, 6.45) is 30.0. The first-order valence-corrected chi connectivity index (χ1v) is 20.1. The average Bonchev–Trinajstić information content (AvgIpc) is 2.97. The molecule has 0 aliphatic heterocycles. The van der Waals surface area contributed by atoms with Gasteiger partial charge >= 0.3 is 7.82 Å². The van der Waals surface area contributed by atoms with E-state index < -0.39 is 20.0 Å². The molecule has 0 radical (unpaired) electrons. The lowest BCUT2D eigenvalue weighted by atomic mass is 10.0. The third-order valence-electron chi connectivity index (χ3n) is 8.26. The third-order valence-corrected chi connectivity index (χ3v) is 9.24. The van der Waals surface area contributed by atoms with E-state index in [-0.39, 0.29) is 19.1 Å². The Morgan fingerprint density at radius 3 is 1.64 bits per heavy atom. The minimum Gasteiger partial charge on any atom is -0.387 e. The number of aliphatic hydroxyl groups is 1. The molecule has 0 fully saturated rings. The van der Waals surface area contributed by atoms with Crippen molar-refractivity contribution >= 4 is 13.7 Å². The normalized spacial score (nSPS) is 14.9. The molecular weight excluding hydrogens is 587 g/mol. The molecule has 0 saturated carbocycles. The molecule has 0 aromatic rings. The fourth-order valence-electron chi connectivity index (χ4n) is 5.22. The smallest absolute Gasteiger partial charge is 0.387 e. The number of unbranched alkanes of at least 4 members (excludes halogenated alkanes) is 20. The number of aliphatic hydroxyl groups excluding tert-OH is 1. The molecule has 0 heterocycles. The van der Waals surface area contributed by atoms with Crippen LogP contribution in [0, 0.1) is 0 Å². The van der Waals surface area contributed by atoms with Gasteiger partial charge in [-0.15, -0.1) is 0 Å². The highest BCUT2D eigenvalue weighted by atomic mass is 31.2. The van der Waals surface area contributed by atoms with E-state index >= 15 is 0 Å². The van der Waals surface area contributed by atoms with Crippen LogP contribution in [0.15, 0.2) is 12.2 Å². The largest absolute Gasteiger partial charge is 0.472 e. The van der Waals surface area contributed by atoms with Crippen molar-refractivity contribution in [2.45, 2.75) is 174 Å². The minimum absolute atomic E-state index is 0.0637. The Bertz CT molecular complexity index is 758. The van der Waals surface area contributed by atoms with Gasteiger partial charge < -0.3 is 19.8 Å². The fourth-order valence-corrected chi connectivity index (χ4v) is 5.95. The Morgan fingerprint density at radius 2 is 1.18 bits per heavy atom. The Labute approximate surface area is 278 Å². The molecule has 0 aliphatic rings.